The summed E-state index contributed by atoms with van der Waals surface area (Å²) in [6.07, 6.45) is 0. The van der Waals surface area contributed by atoms with Gasteiger partial charge in [-0.1, -0.05) is 12.1 Å². The molecule has 6 nitrogen and oxygen atoms in total. The van der Waals surface area contributed by atoms with Crippen LogP contribution in [0.4, 0.5) is 14.5 Å². The Kier molecular flexibility index (Phi) is 4.78. The van der Waals surface area contributed by atoms with E-state index in [1.165, 1.54) is 12.1 Å². The largest absolute Gasteiger partial charge is 0.482 e. The zero-order chi connectivity index (χ0) is 17.8. The van der Waals surface area contributed by atoms with Crippen LogP contribution in [0.15, 0.2) is 42.5 Å². The minimum atomic E-state index is -2.87. The van der Waals surface area contributed by atoms with Gasteiger partial charge in [0.05, 0.1) is 5.69 Å². The van der Waals surface area contributed by atoms with Crippen LogP contribution in [0.5, 0.6) is 11.5 Å². The lowest BCUT2D eigenvalue weighted by molar-refractivity contribution is -0.118. The van der Waals surface area contributed by atoms with Crippen LogP contribution in [0.1, 0.15) is 15.9 Å². The van der Waals surface area contributed by atoms with Crippen molar-refractivity contribution in [3.05, 3.63) is 53.6 Å². The Morgan fingerprint density at radius 3 is 2.72 bits per heavy atom. The average molecular weight is 348 g/mol. The molecule has 0 unspecified atom stereocenters. The summed E-state index contributed by atoms with van der Waals surface area (Å²) in [6.45, 7) is -2.74. The first-order chi connectivity index (χ1) is 12.0. The number of alkyl halides is 2. The summed E-state index contributed by atoms with van der Waals surface area (Å²) >= 11 is 0. The fraction of sp³-hybridized carbons (Fsp3) is 0.176. The minimum absolute atomic E-state index is 0.0546. The molecule has 0 aliphatic carbocycles. The van der Waals surface area contributed by atoms with Crippen molar-refractivity contribution in [3.63, 3.8) is 0 Å². The van der Waals surface area contributed by atoms with Crippen LogP contribution in [-0.4, -0.2) is 25.0 Å². The van der Waals surface area contributed by atoms with Crippen molar-refractivity contribution in [2.45, 2.75) is 13.2 Å². The van der Waals surface area contributed by atoms with Gasteiger partial charge in [0.15, 0.2) is 6.61 Å². The molecule has 2 aromatic rings. The normalized spacial score (nSPS) is 12.8. The molecule has 1 aliphatic heterocycles. The zero-order valence-corrected chi connectivity index (χ0v) is 12.9. The Bertz CT molecular complexity index is 794. The maximum atomic E-state index is 12.2. The molecule has 3 rings (SSSR count). The molecule has 2 aromatic carbocycles. The average Bonchev–Trinajstić information content (AvgIpc) is 2.60. The van der Waals surface area contributed by atoms with E-state index in [-0.39, 0.29) is 30.7 Å². The molecular formula is C17H14F2N2O4. The van der Waals surface area contributed by atoms with E-state index >= 15 is 0 Å². The maximum absolute atomic E-state index is 12.2. The first kappa shape index (κ1) is 16.7. The van der Waals surface area contributed by atoms with Crippen LogP contribution in [-0.2, 0) is 11.3 Å². The lowest BCUT2D eigenvalue weighted by atomic mass is 10.1. The van der Waals surface area contributed by atoms with Gasteiger partial charge in [-0.3, -0.25) is 9.59 Å². The molecule has 1 heterocycles. The summed E-state index contributed by atoms with van der Waals surface area (Å²) in [5.41, 5.74) is 1.63. The Labute approximate surface area is 141 Å². The lowest BCUT2D eigenvalue weighted by Gasteiger charge is -2.18. The predicted octanol–water partition coefficient (Wildman–Crippen LogP) is 2.55. The van der Waals surface area contributed by atoms with E-state index in [4.69, 9.17) is 4.74 Å². The highest BCUT2D eigenvalue weighted by Gasteiger charge is 2.17. The van der Waals surface area contributed by atoms with Gasteiger partial charge < -0.3 is 20.1 Å². The SMILES string of the molecule is O=C1COc2cc(C(=O)NCc3ccc(OC(F)F)cc3)ccc2N1. The number of fused-ring (bicyclic) bond motifs is 1. The third kappa shape index (κ3) is 4.23. The topological polar surface area (TPSA) is 76.7 Å². The number of hydrogen-bond donors (Lipinski definition) is 2. The standard InChI is InChI=1S/C17H14F2N2O4/c18-17(19)25-12-4-1-10(2-5-12)8-20-16(23)11-3-6-13-14(7-11)24-9-15(22)21-13/h1-7,17H,8-9H2,(H,20,23)(H,21,22). The summed E-state index contributed by atoms with van der Waals surface area (Å²) in [5, 5.41) is 5.36. The van der Waals surface area contributed by atoms with Gasteiger partial charge in [0.25, 0.3) is 11.8 Å². The van der Waals surface area contributed by atoms with Crippen molar-refractivity contribution in [1.82, 2.24) is 5.32 Å². The van der Waals surface area contributed by atoms with E-state index in [1.807, 2.05) is 0 Å². The number of anilines is 1. The zero-order valence-electron chi connectivity index (χ0n) is 12.9. The number of amides is 2. The van der Waals surface area contributed by atoms with Gasteiger partial charge in [-0.05, 0) is 35.9 Å². The van der Waals surface area contributed by atoms with Crippen LogP contribution in [0.25, 0.3) is 0 Å². The van der Waals surface area contributed by atoms with Crippen molar-refractivity contribution in [1.29, 1.82) is 0 Å². The maximum Gasteiger partial charge on any atom is 0.387 e. The Morgan fingerprint density at radius 1 is 1.24 bits per heavy atom. The third-order valence-corrected chi connectivity index (χ3v) is 3.48. The Hall–Kier alpha value is -3.16. The van der Waals surface area contributed by atoms with Crippen LogP contribution in [0, 0.1) is 0 Å². The van der Waals surface area contributed by atoms with Gasteiger partial charge in [-0.25, -0.2) is 0 Å². The molecule has 0 saturated carbocycles. The van der Waals surface area contributed by atoms with E-state index in [0.29, 0.717) is 17.0 Å². The number of nitrogens with one attached hydrogen (secondary N) is 2. The molecule has 1 aliphatic rings. The molecular weight excluding hydrogens is 334 g/mol. The number of benzene rings is 2. The molecule has 2 amide bonds. The predicted molar refractivity (Wildman–Crippen MR) is 84.8 cm³/mol. The van der Waals surface area contributed by atoms with Crippen LogP contribution < -0.4 is 20.1 Å². The smallest absolute Gasteiger partial charge is 0.387 e. The van der Waals surface area contributed by atoms with Crippen LogP contribution in [0.2, 0.25) is 0 Å². The van der Waals surface area contributed by atoms with Gasteiger partial charge in [0, 0.05) is 12.1 Å². The van der Waals surface area contributed by atoms with E-state index < -0.39 is 6.61 Å². The molecule has 0 atom stereocenters. The number of carbonyl (C=O) groups is 2. The van der Waals surface area contributed by atoms with Gasteiger partial charge in [-0.15, -0.1) is 0 Å². The molecule has 0 aromatic heterocycles. The number of rotatable bonds is 5. The summed E-state index contributed by atoms with van der Waals surface area (Å²) in [5.74, 6) is -0.0834. The summed E-state index contributed by atoms with van der Waals surface area (Å²) < 4.78 is 33.7. The molecule has 0 fully saturated rings. The number of hydrogen-bond acceptors (Lipinski definition) is 4. The second-order valence-electron chi connectivity index (χ2n) is 5.25. The van der Waals surface area contributed by atoms with Gasteiger partial charge >= 0.3 is 6.61 Å². The molecule has 130 valence electrons. The van der Waals surface area contributed by atoms with Crippen molar-refractivity contribution in [2.75, 3.05) is 11.9 Å². The summed E-state index contributed by atoms with van der Waals surface area (Å²) in [6, 6.07) is 10.7. The molecule has 0 spiro atoms. The van der Waals surface area contributed by atoms with Crippen molar-refractivity contribution in [3.8, 4) is 11.5 Å². The highest BCUT2D eigenvalue weighted by Crippen LogP contribution is 2.28. The van der Waals surface area contributed by atoms with Gasteiger partial charge in [0.1, 0.15) is 11.5 Å². The van der Waals surface area contributed by atoms with Crippen molar-refractivity contribution >= 4 is 17.5 Å². The summed E-state index contributed by atoms with van der Waals surface area (Å²) in [4.78, 5) is 23.4. The highest BCUT2D eigenvalue weighted by atomic mass is 19.3. The number of ether oxygens (including phenoxy) is 2. The fourth-order valence-electron chi connectivity index (χ4n) is 2.29. The molecule has 2 N–H and O–H groups in total. The number of carbonyl (C=O) groups excluding carboxylic acids is 2. The molecule has 0 saturated heterocycles. The lowest BCUT2D eigenvalue weighted by Crippen LogP contribution is -2.26. The highest BCUT2D eigenvalue weighted by molar-refractivity contribution is 5.98. The first-order valence-corrected chi connectivity index (χ1v) is 7.40. The first-order valence-electron chi connectivity index (χ1n) is 7.40. The van der Waals surface area contributed by atoms with E-state index in [0.717, 1.165) is 5.56 Å². The van der Waals surface area contributed by atoms with Crippen LogP contribution >= 0.6 is 0 Å². The Balaban J connectivity index is 1.60. The second-order valence-corrected chi connectivity index (χ2v) is 5.25. The van der Waals surface area contributed by atoms with E-state index in [2.05, 4.69) is 15.4 Å². The third-order valence-electron chi connectivity index (χ3n) is 3.48. The van der Waals surface area contributed by atoms with Crippen molar-refractivity contribution in [2.24, 2.45) is 0 Å². The van der Waals surface area contributed by atoms with E-state index in [9.17, 15) is 18.4 Å². The quantitative estimate of drug-likeness (QED) is 0.871. The minimum Gasteiger partial charge on any atom is -0.482 e. The molecule has 0 bridgehead atoms. The van der Waals surface area contributed by atoms with Crippen molar-refractivity contribution < 1.29 is 27.8 Å². The summed E-state index contributed by atoms with van der Waals surface area (Å²) in [7, 11) is 0. The number of halogens is 2. The molecule has 8 heteroatoms. The second kappa shape index (κ2) is 7.16. The Morgan fingerprint density at radius 2 is 2.00 bits per heavy atom. The van der Waals surface area contributed by atoms with Gasteiger partial charge in [0.2, 0.25) is 0 Å². The molecule has 25 heavy (non-hydrogen) atoms. The van der Waals surface area contributed by atoms with Gasteiger partial charge in [-0.2, -0.15) is 8.78 Å². The van der Waals surface area contributed by atoms with Crippen LogP contribution in [0.3, 0.4) is 0 Å². The van der Waals surface area contributed by atoms with E-state index in [1.54, 1.807) is 30.3 Å². The molecule has 0 radical (unpaired) electrons. The monoisotopic (exact) mass is 348 g/mol. The fourth-order valence-corrected chi connectivity index (χ4v) is 2.29.